The molecule has 1 aliphatic heterocycles. The molecule has 0 saturated carbocycles. The molecule has 7 heteroatoms. The van der Waals surface area contributed by atoms with Gasteiger partial charge in [-0.3, -0.25) is 9.36 Å². The number of para-hydroxylation sites is 1. The number of allylic oxidation sites excluding steroid dienone is 1. The van der Waals surface area contributed by atoms with Crippen LogP contribution in [-0.4, -0.2) is 21.7 Å². The number of rotatable bonds is 6. The van der Waals surface area contributed by atoms with Gasteiger partial charge in [0.1, 0.15) is 0 Å². The van der Waals surface area contributed by atoms with E-state index in [0.29, 0.717) is 20.6 Å². The second kappa shape index (κ2) is 10.3. The van der Waals surface area contributed by atoms with E-state index in [-0.39, 0.29) is 12.2 Å². The summed E-state index contributed by atoms with van der Waals surface area (Å²) in [7, 11) is 0. The monoisotopic (exact) mass is 533 g/mol. The minimum Gasteiger partial charge on any atom is -0.463 e. The first-order valence-corrected chi connectivity index (χ1v) is 13.7. The molecule has 39 heavy (non-hydrogen) atoms. The van der Waals surface area contributed by atoms with E-state index in [0.717, 1.165) is 28.6 Å². The second-order valence-corrected chi connectivity index (χ2v) is 10.4. The summed E-state index contributed by atoms with van der Waals surface area (Å²) in [5, 5.41) is 1.07. The quantitative estimate of drug-likeness (QED) is 0.295. The van der Waals surface area contributed by atoms with E-state index in [9.17, 15) is 9.59 Å². The van der Waals surface area contributed by atoms with E-state index in [4.69, 9.17) is 4.74 Å². The number of esters is 1. The Bertz CT molecular complexity index is 1900. The topological polar surface area (TPSA) is 65.6 Å². The van der Waals surface area contributed by atoms with Crippen LogP contribution in [-0.2, 0) is 16.1 Å². The van der Waals surface area contributed by atoms with Crippen LogP contribution in [0.5, 0.6) is 0 Å². The van der Waals surface area contributed by atoms with Crippen molar-refractivity contribution in [2.75, 3.05) is 6.61 Å². The Hall–Kier alpha value is -4.49. The van der Waals surface area contributed by atoms with Crippen molar-refractivity contribution in [3.63, 3.8) is 0 Å². The van der Waals surface area contributed by atoms with Crippen LogP contribution in [0.2, 0.25) is 0 Å². The maximum atomic E-state index is 14.0. The van der Waals surface area contributed by atoms with Gasteiger partial charge in [0, 0.05) is 29.2 Å². The zero-order valence-electron chi connectivity index (χ0n) is 21.7. The van der Waals surface area contributed by atoms with Crippen molar-refractivity contribution in [1.29, 1.82) is 0 Å². The van der Waals surface area contributed by atoms with Gasteiger partial charge in [-0.1, -0.05) is 90.2 Å². The number of ether oxygens (including phenoxy) is 1. The Morgan fingerprint density at radius 3 is 2.44 bits per heavy atom. The van der Waals surface area contributed by atoms with Gasteiger partial charge < -0.3 is 9.30 Å². The molecule has 2 aromatic heterocycles. The molecule has 0 N–H and O–H groups in total. The standard InChI is InChI=1S/C32H27N3O3S/c1-3-38-31(37)28-21(2)33-32-35(29(28)23-14-8-5-9-15-23)30(36)27(39-32)18-24-20-34(19-22-12-6-4-7-13-22)26-17-11-10-16-25(24)26/h4-18,20,29H,3,19H2,1-2H3/b27-18+/t29-/m0/s1. The highest BCUT2D eigenvalue weighted by Crippen LogP contribution is 2.30. The van der Waals surface area contributed by atoms with Gasteiger partial charge in [0.2, 0.25) is 0 Å². The van der Waals surface area contributed by atoms with E-state index < -0.39 is 12.0 Å². The summed E-state index contributed by atoms with van der Waals surface area (Å²) in [6.45, 7) is 4.55. The van der Waals surface area contributed by atoms with Crippen LogP contribution in [0.3, 0.4) is 0 Å². The smallest absolute Gasteiger partial charge is 0.338 e. The van der Waals surface area contributed by atoms with Gasteiger partial charge in [-0.2, -0.15) is 0 Å². The third-order valence-electron chi connectivity index (χ3n) is 6.93. The molecule has 6 nitrogen and oxygen atoms in total. The third-order valence-corrected chi connectivity index (χ3v) is 7.92. The van der Waals surface area contributed by atoms with Crippen molar-refractivity contribution in [3.8, 4) is 0 Å². The van der Waals surface area contributed by atoms with E-state index >= 15 is 0 Å². The minimum absolute atomic E-state index is 0.179. The largest absolute Gasteiger partial charge is 0.463 e. The molecular weight excluding hydrogens is 506 g/mol. The Balaban J connectivity index is 1.52. The molecule has 0 fully saturated rings. The van der Waals surface area contributed by atoms with E-state index in [1.807, 2.05) is 66.7 Å². The first-order valence-electron chi connectivity index (χ1n) is 12.9. The summed E-state index contributed by atoms with van der Waals surface area (Å²) < 4.78 is 9.79. The summed E-state index contributed by atoms with van der Waals surface area (Å²) in [6.07, 6.45) is 4.04. The fourth-order valence-electron chi connectivity index (χ4n) is 5.18. The number of carbonyl (C=O) groups excluding carboxylic acids is 1. The van der Waals surface area contributed by atoms with Gasteiger partial charge >= 0.3 is 5.97 Å². The van der Waals surface area contributed by atoms with Crippen molar-refractivity contribution >= 4 is 34.3 Å². The number of nitrogens with zero attached hydrogens (tertiary/aromatic N) is 3. The number of hydrogen-bond acceptors (Lipinski definition) is 5. The number of carbonyl (C=O) groups is 1. The number of benzene rings is 3. The van der Waals surface area contributed by atoms with Gasteiger partial charge in [0.15, 0.2) is 4.80 Å². The summed E-state index contributed by atoms with van der Waals surface area (Å²) in [5.74, 6) is -0.453. The molecule has 6 rings (SSSR count). The molecule has 0 aliphatic carbocycles. The molecule has 3 heterocycles. The molecule has 0 amide bonds. The van der Waals surface area contributed by atoms with Crippen molar-refractivity contribution in [1.82, 2.24) is 9.13 Å². The lowest BCUT2D eigenvalue weighted by Gasteiger charge is -2.24. The molecule has 1 atom stereocenters. The first kappa shape index (κ1) is 24.8. The molecule has 0 radical (unpaired) electrons. The van der Waals surface area contributed by atoms with Crippen molar-refractivity contribution < 1.29 is 9.53 Å². The third kappa shape index (κ3) is 4.55. The van der Waals surface area contributed by atoms with E-state index in [1.165, 1.54) is 16.9 Å². The van der Waals surface area contributed by atoms with Crippen LogP contribution < -0.4 is 14.9 Å². The molecule has 3 aromatic carbocycles. The van der Waals surface area contributed by atoms with Crippen LogP contribution in [0.25, 0.3) is 17.0 Å². The maximum Gasteiger partial charge on any atom is 0.338 e. The number of hydrogen-bond donors (Lipinski definition) is 0. The van der Waals surface area contributed by atoms with Crippen LogP contribution in [0, 0.1) is 0 Å². The van der Waals surface area contributed by atoms with E-state index in [2.05, 4.69) is 40.0 Å². The lowest BCUT2D eigenvalue weighted by molar-refractivity contribution is -0.139. The fourth-order valence-corrected chi connectivity index (χ4v) is 6.22. The van der Waals surface area contributed by atoms with Gasteiger partial charge in [-0.05, 0) is 37.1 Å². The second-order valence-electron chi connectivity index (χ2n) is 9.43. The average Bonchev–Trinajstić information content (AvgIpc) is 3.45. The molecule has 0 saturated heterocycles. The number of thiazole rings is 1. The Labute approximate surface area is 229 Å². The van der Waals surface area contributed by atoms with Gasteiger partial charge in [-0.15, -0.1) is 0 Å². The predicted octanol–water partition coefficient (Wildman–Crippen LogP) is 4.80. The van der Waals surface area contributed by atoms with Crippen molar-refractivity contribution in [2.45, 2.75) is 26.4 Å². The van der Waals surface area contributed by atoms with Gasteiger partial charge in [-0.25, -0.2) is 9.79 Å². The summed E-state index contributed by atoms with van der Waals surface area (Å²) in [4.78, 5) is 32.3. The molecule has 0 spiro atoms. The van der Waals surface area contributed by atoms with Crippen LogP contribution in [0.15, 0.2) is 112 Å². The normalized spacial score (nSPS) is 15.3. The van der Waals surface area contributed by atoms with Gasteiger partial charge in [0.05, 0.1) is 28.5 Å². The molecule has 5 aromatic rings. The first-order chi connectivity index (χ1) is 19.0. The summed E-state index contributed by atoms with van der Waals surface area (Å²) in [5.41, 5.74) is 4.88. The van der Waals surface area contributed by atoms with Crippen LogP contribution in [0.4, 0.5) is 0 Å². The molecule has 0 bridgehead atoms. The maximum absolute atomic E-state index is 14.0. The molecule has 194 valence electrons. The lowest BCUT2D eigenvalue weighted by Crippen LogP contribution is -2.39. The van der Waals surface area contributed by atoms with Crippen molar-refractivity contribution in [2.24, 2.45) is 4.99 Å². The highest BCUT2D eigenvalue weighted by atomic mass is 32.1. The zero-order chi connectivity index (χ0) is 26.9. The predicted molar refractivity (Wildman–Crippen MR) is 154 cm³/mol. The van der Waals surface area contributed by atoms with E-state index in [1.54, 1.807) is 18.4 Å². The molecule has 0 unspecified atom stereocenters. The highest BCUT2D eigenvalue weighted by molar-refractivity contribution is 7.07. The lowest BCUT2D eigenvalue weighted by atomic mass is 9.96. The average molecular weight is 534 g/mol. The summed E-state index contributed by atoms with van der Waals surface area (Å²) in [6, 6.07) is 27.5. The Kier molecular flexibility index (Phi) is 6.59. The van der Waals surface area contributed by atoms with Crippen molar-refractivity contribution in [3.05, 3.63) is 139 Å². The molecule has 1 aliphatic rings. The minimum atomic E-state index is -0.608. The SMILES string of the molecule is CCOC(=O)C1=C(C)N=c2s/c(=C/c3cn(Cc4ccccc4)c4ccccc34)c(=O)n2[C@H]1c1ccccc1. The number of aromatic nitrogens is 2. The summed E-state index contributed by atoms with van der Waals surface area (Å²) >= 11 is 1.34. The fraction of sp³-hybridized carbons (Fsp3) is 0.156. The zero-order valence-corrected chi connectivity index (χ0v) is 22.5. The van der Waals surface area contributed by atoms with Gasteiger partial charge in [0.25, 0.3) is 5.56 Å². The highest BCUT2D eigenvalue weighted by Gasteiger charge is 2.33. The number of fused-ring (bicyclic) bond motifs is 2. The Morgan fingerprint density at radius 2 is 1.69 bits per heavy atom. The van der Waals surface area contributed by atoms with Crippen LogP contribution in [0.1, 0.15) is 36.6 Å². The van der Waals surface area contributed by atoms with Crippen LogP contribution >= 0.6 is 11.3 Å². The Morgan fingerprint density at radius 1 is 1.00 bits per heavy atom. The molecular formula is C32H27N3O3S.